The molecule has 0 fully saturated rings. The molecule has 0 bridgehead atoms. The molecule has 0 saturated carbocycles. The Morgan fingerprint density at radius 1 is 1.14 bits per heavy atom. The number of rotatable bonds is 2. The number of aromatic nitrogens is 5. The van der Waals surface area contributed by atoms with Crippen molar-refractivity contribution in [2.75, 3.05) is 0 Å². The smallest absolute Gasteiger partial charge is 0.259 e. The lowest BCUT2D eigenvalue weighted by atomic mass is 10.1. The summed E-state index contributed by atoms with van der Waals surface area (Å²) in [4.78, 5) is 23.9. The Kier molecular flexibility index (Phi) is 3.36. The first-order valence-corrected chi connectivity index (χ1v) is 7.03. The maximum Gasteiger partial charge on any atom is 0.259 e. The summed E-state index contributed by atoms with van der Waals surface area (Å²) in [7, 11) is 0. The highest BCUT2D eigenvalue weighted by Gasteiger charge is 2.18. The van der Waals surface area contributed by atoms with Crippen molar-refractivity contribution in [3.63, 3.8) is 0 Å². The zero-order valence-corrected chi connectivity index (χ0v) is 13.0. The summed E-state index contributed by atoms with van der Waals surface area (Å²) in [5.41, 5.74) is 3.11. The molecule has 0 unspecified atom stereocenters. The molecule has 3 aromatic heterocycles. The van der Waals surface area contributed by atoms with Gasteiger partial charge in [0.2, 0.25) is 0 Å². The molecule has 0 aliphatic rings. The van der Waals surface area contributed by atoms with Crippen molar-refractivity contribution in [3.05, 3.63) is 57.4 Å². The molecule has 3 aromatic rings. The number of aromatic amines is 1. The SMILES string of the molecule is Cc1ccnc(-n2nc(C)nc2-c2c(C)cc(C)[nH]c2=O)c1. The molecule has 1 N–H and O–H groups in total. The van der Waals surface area contributed by atoms with Crippen LogP contribution in [0.5, 0.6) is 0 Å². The van der Waals surface area contributed by atoms with Crippen LogP contribution in [0.4, 0.5) is 0 Å². The van der Waals surface area contributed by atoms with Crippen LogP contribution >= 0.6 is 0 Å². The highest BCUT2D eigenvalue weighted by Crippen LogP contribution is 2.21. The molecular formula is C16H17N5O. The van der Waals surface area contributed by atoms with Gasteiger partial charge in [-0.25, -0.2) is 9.97 Å². The monoisotopic (exact) mass is 295 g/mol. The molecular weight excluding hydrogens is 278 g/mol. The molecule has 0 spiro atoms. The average molecular weight is 295 g/mol. The van der Waals surface area contributed by atoms with E-state index in [0.717, 1.165) is 16.8 Å². The highest BCUT2D eigenvalue weighted by molar-refractivity contribution is 5.61. The standard InChI is InChI=1S/C16H17N5O/c1-9-5-6-17-13(7-9)21-15(19-12(4)20-21)14-10(2)8-11(3)18-16(14)22/h5-8H,1-4H3,(H,18,22). The normalized spacial score (nSPS) is 10.9. The Bertz CT molecular complexity index is 907. The van der Waals surface area contributed by atoms with Gasteiger partial charge in [0.15, 0.2) is 11.6 Å². The van der Waals surface area contributed by atoms with E-state index in [-0.39, 0.29) is 5.56 Å². The summed E-state index contributed by atoms with van der Waals surface area (Å²) in [6.07, 6.45) is 1.72. The van der Waals surface area contributed by atoms with Crippen molar-refractivity contribution < 1.29 is 0 Å². The van der Waals surface area contributed by atoms with Gasteiger partial charge in [0.05, 0.1) is 5.56 Å². The predicted octanol–water partition coefficient (Wildman–Crippen LogP) is 2.25. The van der Waals surface area contributed by atoms with E-state index >= 15 is 0 Å². The van der Waals surface area contributed by atoms with E-state index in [1.807, 2.05) is 39.0 Å². The van der Waals surface area contributed by atoms with Crippen molar-refractivity contribution >= 4 is 0 Å². The first kappa shape index (κ1) is 14.2. The fourth-order valence-corrected chi connectivity index (χ4v) is 2.50. The topological polar surface area (TPSA) is 76.5 Å². The Morgan fingerprint density at radius 3 is 2.59 bits per heavy atom. The Balaban J connectivity index is 2.28. The third-order valence-electron chi connectivity index (χ3n) is 3.42. The van der Waals surface area contributed by atoms with Crippen molar-refractivity contribution in [3.8, 4) is 17.2 Å². The molecule has 3 rings (SSSR count). The van der Waals surface area contributed by atoms with Crippen LogP contribution < -0.4 is 5.56 Å². The number of nitrogens with zero attached hydrogens (tertiary/aromatic N) is 4. The molecule has 0 atom stereocenters. The Hall–Kier alpha value is -2.76. The second-order valence-electron chi connectivity index (χ2n) is 5.43. The van der Waals surface area contributed by atoms with Gasteiger partial charge in [-0.05, 0) is 57.0 Å². The molecule has 22 heavy (non-hydrogen) atoms. The molecule has 0 aromatic carbocycles. The summed E-state index contributed by atoms with van der Waals surface area (Å²) in [6.45, 7) is 7.54. The van der Waals surface area contributed by atoms with E-state index in [9.17, 15) is 4.79 Å². The van der Waals surface area contributed by atoms with Crippen molar-refractivity contribution in [1.29, 1.82) is 0 Å². The number of hydrogen-bond donors (Lipinski definition) is 1. The van der Waals surface area contributed by atoms with Gasteiger partial charge in [-0.2, -0.15) is 4.68 Å². The van der Waals surface area contributed by atoms with Gasteiger partial charge in [0.25, 0.3) is 5.56 Å². The van der Waals surface area contributed by atoms with E-state index in [0.29, 0.717) is 23.0 Å². The molecule has 6 heteroatoms. The minimum absolute atomic E-state index is 0.168. The minimum atomic E-state index is -0.168. The lowest BCUT2D eigenvalue weighted by Gasteiger charge is -2.08. The average Bonchev–Trinajstić information content (AvgIpc) is 2.79. The largest absolute Gasteiger partial charge is 0.326 e. The van der Waals surface area contributed by atoms with E-state index in [1.165, 1.54) is 0 Å². The van der Waals surface area contributed by atoms with Crippen molar-refractivity contribution in [2.24, 2.45) is 0 Å². The second kappa shape index (κ2) is 5.22. The fraction of sp³-hybridized carbons (Fsp3) is 0.250. The van der Waals surface area contributed by atoms with Crippen LogP contribution in [-0.2, 0) is 0 Å². The predicted molar refractivity (Wildman–Crippen MR) is 84.2 cm³/mol. The van der Waals surface area contributed by atoms with Crippen LogP contribution in [0.1, 0.15) is 22.6 Å². The summed E-state index contributed by atoms with van der Waals surface area (Å²) >= 11 is 0. The summed E-state index contributed by atoms with van der Waals surface area (Å²) < 4.78 is 1.62. The molecule has 0 aliphatic heterocycles. The fourth-order valence-electron chi connectivity index (χ4n) is 2.50. The molecule has 0 amide bonds. The Morgan fingerprint density at radius 2 is 1.91 bits per heavy atom. The van der Waals surface area contributed by atoms with Gasteiger partial charge in [0, 0.05) is 11.9 Å². The molecule has 6 nitrogen and oxygen atoms in total. The molecule has 112 valence electrons. The lowest BCUT2D eigenvalue weighted by molar-refractivity contribution is 0.835. The van der Waals surface area contributed by atoms with Crippen molar-refractivity contribution in [2.45, 2.75) is 27.7 Å². The maximum atomic E-state index is 12.4. The van der Waals surface area contributed by atoms with Gasteiger partial charge < -0.3 is 4.98 Å². The quantitative estimate of drug-likeness (QED) is 0.786. The first-order chi connectivity index (χ1) is 10.5. The molecule has 0 saturated heterocycles. The van der Waals surface area contributed by atoms with Crippen LogP contribution in [-0.4, -0.2) is 24.7 Å². The summed E-state index contributed by atoms with van der Waals surface area (Å²) in [5.74, 6) is 1.75. The Labute approximate surface area is 127 Å². The third kappa shape index (κ3) is 2.43. The third-order valence-corrected chi connectivity index (χ3v) is 3.42. The summed E-state index contributed by atoms with van der Waals surface area (Å²) in [6, 6.07) is 5.75. The van der Waals surface area contributed by atoms with Crippen LogP contribution in [0.25, 0.3) is 17.2 Å². The summed E-state index contributed by atoms with van der Waals surface area (Å²) in [5, 5.41) is 4.39. The number of aryl methyl sites for hydroxylation is 4. The molecule has 0 radical (unpaired) electrons. The number of pyridine rings is 2. The van der Waals surface area contributed by atoms with Gasteiger partial charge >= 0.3 is 0 Å². The minimum Gasteiger partial charge on any atom is -0.326 e. The first-order valence-electron chi connectivity index (χ1n) is 7.03. The van der Waals surface area contributed by atoms with E-state index < -0.39 is 0 Å². The van der Waals surface area contributed by atoms with Crippen molar-refractivity contribution in [1.82, 2.24) is 24.7 Å². The maximum absolute atomic E-state index is 12.4. The highest BCUT2D eigenvalue weighted by atomic mass is 16.1. The number of nitrogens with one attached hydrogen (secondary N) is 1. The van der Waals surface area contributed by atoms with Gasteiger partial charge in [0.1, 0.15) is 5.82 Å². The van der Waals surface area contributed by atoms with Crippen LogP contribution in [0.15, 0.2) is 29.2 Å². The van der Waals surface area contributed by atoms with E-state index in [4.69, 9.17) is 0 Å². The molecule has 0 aliphatic carbocycles. The van der Waals surface area contributed by atoms with Gasteiger partial charge in [-0.3, -0.25) is 4.79 Å². The number of H-pyrrole nitrogens is 1. The molecule has 3 heterocycles. The van der Waals surface area contributed by atoms with Gasteiger partial charge in [-0.15, -0.1) is 5.10 Å². The second-order valence-corrected chi connectivity index (χ2v) is 5.43. The van der Waals surface area contributed by atoms with Gasteiger partial charge in [-0.1, -0.05) is 0 Å². The zero-order chi connectivity index (χ0) is 15.9. The zero-order valence-electron chi connectivity index (χ0n) is 13.0. The van der Waals surface area contributed by atoms with E-state index in [2.05, 4.69) is 20.1 Å². The van der Waals surface area contributed by atoms with E-state index in [1.54, 1.807) is 17.8 Å². The van der Waals surface area contributed by atoms with Crippen LogP contribution in [0, 0.1) is 27.7 Å². The van der Waals surface area contributed by atoms with Crippen LogP contribution in [0.3, 0.4) is 0 Å². The van der Waals surface area contributed by atoms with Crippen LogP contribution in [0.2, 0.25) is 0 Å². The number of hydrogen-bond acceptors (Lipinski definition) is 4. The lowest BCUT2D eigenvalue weighted by Crippen LogP contribution is -2.15.